The van der Waals surface area contributed by atoms with Gasteiger partial charge in [-0.25, -0.2) is 0 Å². The number of hydrogen-bond acceptors (Lipinski definition) is 5. The van der Waals surface area contributed by atoms with E-state index >= 15 is 0 Å². The molecule has 5 nitrogen and oxygen atoms in total. The lowest BCUT2D eigenvalue weighted by atomic mass is 9.83. The summed E-state index contributed by atoms with van der Waals surface area (Å²) < 4.78 is 7.60. The molecule has 3 aromatic rings. The zero-order valence-electron chi connectivity index (χ0n) is 18.1. The number of carbonyl (C=O) groups excluding carboxylic acids is 1. The molecule has 0 radical (unpaired) electrons. The first-order valence-corrected chi connectivity index (χ1v) is 11.8. The molecule has 2 atom stereocenters. The Bertz CT molecular complexity index is 1210. The van der Waals surface area contributed by atoms with E-state index in [9.17, 15) is 9.59 Å². The number of likely N-dealkylation sites (tertiary alicyclic amines) is 1. The van der Waals surface area contributed by atoms with E-state index in [2.05, 4.69) is 17.0 Å². The molecule has 1 aromatic carbocycles. The number of piperidine rings is 1. The van der Waals surface area contributed by atoms with Crippen LogP contribution in [-0.4, -0.2) is 35.4 Å². The van der Waals surface area contributed by atoms with Gasteiger partial charge in [0.25, 0.3) is 5.56 Å². The number of ether oxygens (including phenoxy) is 1. The summed E-state index contributed by atoms with van der Waals surface area (Å²) in [5, 5.41) is 1.91. The molecule has 0 saturated carbocycles. The average molecular weight is 447 g/mol. The van der Waals surface area contributed by atoms with Crippen LogP contribution in [-0.2, 0) is 13.1 Å². The fourth-order valence-corrected chi connectivity index (χ4v) is 5.71. The van der Waals surface area contributed by atoms with Crippen LogP contribution in [0.25, 0.3) is 6.08 Å². The highest BCUT2D eigenvalue weighted by Crippen LogP contribution is 2.36. The SMILES string of the molecule is COc1ccc(C=CC(=O)c2cccs2)cc1CN1C[C@@H]2C[C@@H](C1)c1cccc(=O)n1C2. The van der Waals surface area contributed by atoms with Crippen LogP contribution in [0.1, 0.15) is 38.8 Å². The van der Waals surface area contributed by atoms with E-state index in [1.807, 2.05) is 46.4 Å². The van der Waals surface area contributed by atoms with Gasteiger partial charge >= 0.3 is 0 Å². The molecule has 4 heterocycles. The molecule has 2 bridgehead atoms. The summed E-state index contributed by atoms with van der Waals surface area (Å²) >= 11 is 1.45. The Morgan fingerprint density at radius 1 is 1.16 bits per heavy atom. The standard InChI is InChI=1S/C26H26N2O3S/c1-31-24-10-8-18(7-9-23(29)25-5-3-11-32-25)12-21(24)17-27-14-19-13-20(16-27)22-4-2-6-26(30)28(22)15-19/h2-12,19-20H,13-17H2,1H3/t19-,20-/m0/s1. The Hall–Kier alpha value is -2.96. The number of nitrogens with zero attached hydrogens (tertiary/aromatic N) is 2. The number of aromatic nitrogens is 1. The van der Waals surface area contributed by atoms with Gasteiger partial charge in [-0.1, -0.05) is 24.3 Å². The predicted molar refractivity (Wildman–Crippen MR) is 128 cm³/mol. The maximum atomic E-state index is 12.3. The molecule has 0 spiro atoms. The Kier molecular flexibility index (Phi) is 5.81. The van der Waals surface area contributed by atoms with Gasteiger partial charge in [0.1, 0.15) is 5.75 Å². The van der Waals surface area contributed by atoms with Crippen molar-refractivity contribution in [3.05, 3.63) is 92.0 Å². The zero-order valence-corrected chi connectivity index (χ0v) is 18.9. The number of fused-ring (bicyclic) bond motifs is 4. The number of thiophene rings is 1. The van der Waals surface area contributed by atoms with Crippen molar-refractivity contribution in [1.82, 2.24) is 9.47 Å². The van der Waals surface area contributed by atoms with Crippen molar-refractivity contribution in [1.29, 1.82) is 0 Å². The molecule has 2 aliphatic heterocycles. The van der Waals surface area contributed by atoms with Crippen molar-refractivity contribution in [3.63, 3.8) is 0 Å². The van der Waals surface area contributed by atoms with Gasteiger partial charge in [0.05, 0.1) is 12.0 Å². The molecular formula is C26H26N2O3S. The van der Waals surface area contributed by atoms with E-state index in [4.69, 9.17) is 4.74 Å². The van der Waals surface area contributed by atoms with Crippen LogP contribution >= 0.6 is 11.3 Å². The molecule has 2 aromatic heterocycles. The number of rotatable bonds is 6. The minimum atomic E-state index is 0.0233. The van der Waals surface area contributed by atoms with E-state index in [-0.39, 0.29) is 11.3 Å². The summed E-state index contributed by atoms with van der Waals surface area (Å²) in [5.41, 5.74) is 3.38. The summed E-state index contributed by atoms with van der Waals surface area (Å²) in [6, 6.07) is 15.4. The number of hydrogen-bond donors (Lipinski definition) is 0. The van der Waals surface area contributed by atoms with Crippen LogP contribution < -0.4 is 10.3 Å². The normalized spacial score (nSPS) is 20.3. The fourth-order valence-electron chi connectivity index (χ4n) is 5.06. The third-order valence-electron chi connectivity index (χ3n) is 6.44. The monoisotopic (exact) mass is 446 g/mol. The van der Waals surface area contributed by atoms with E-state index in [0.29, 0.717) is 11.8 Å². The van der Waals surface area contributed by atoms with Crippen molar-refractivity contribution in [2.24, 2.45) is 5.92 Å². The molecule has 0 N–H and O–H groups in total. The Morgan fingerprint density at radius 2 is 2.06 bits per heavy atom. The smallest absolute Gasteiger partial charge is 0.250 e. The molecule has 2 aliphatic rings. The number of benzene rings is 1. The minimum absolute atomic E-state index is 0.0233. The highest BCUT2D eigenvalue weighted by atomic mass is 32.1. The number of methoxy groups -OCH3 is 1. The van der Waals surface area contributed by atoms with Crippen LogP contribution in [0, 0.1) is 5.92 Å². The molecule has 32 heavy (non-hydrogen) atoms. The second-order valence-electron chi connectivity index (χ2n) is 8.64. The second-order valence-corrected chi connectivity index (χ2v) is 9.59. The predicted octanol–water partition coefficient (Wildman–Crippen LogP) is 4.43. The van der Waals surface area contributed by atoms with Crippen molar-refractivity contribution in [2.75, 3.05) is 20.2 Å². The summed E-state index contributed by atoms with van der Waals surface area (Å²) in [5.74, 6) is 1.75. The molecule has 6 heteroatoms. The van der Waals surface area contributed by atoms with E-state index < -0.39 is 0 Å². The van der Waals surface area contributed by atoms with Crippen LogP contribution in [0.3, 0.4) is 0 Å². The average Bonchev–Trinajstić information content (AvgIpc) is 3.33. The third-order valence-corrected chi connectivity index (χ3v) is 7.33. The first kappa shape index (κ1) is 20.9. The van der Waals surface area contributed by atoms with E-state index in [0.717, 1.165) is 60.0 Å². The first-order chi connectivity index (χ1) is 15.6. The summed E-state index contributed by atoms with van der Waals surface area (Å²) in [6.07, 6.45) is 4.65. The molecular weight excluding hydrogens is 420 g/mol. The van der Waals surface area contributed by atoms with Crippen LogP contribution in [0.4, 0.5) is 0 Å². The van der Waals surface area contributed by atoms with Gasteiger partial charge < -0.3 is 9.30 Å². The van der Waals surface area contributed by atoms with Crippen molar-refractivity contribution in [3.8, 4) is 5.75 Å². The molecule has 0 amide bonds. The van der Waals surface area contributed by atoms with Crippen molar-refractivity contribution < 1.29 is 9.53 Å². The molecule has 5 rings (SSSR count). The van der Waals surface area contributed by atoms with Gasteiger partial charge in [0, 0.05) is 49.4 Å². The minimum Gasteiger partial charge on any atom is -0.496 e. The lowest BCUT2D eigenvalue weighted by molar-refractivity contribution is 0.105. The summed E-state index contributed by atoms with van der Waals surface area (Å²) in [7, 11) is 1.70. The van der Waals surface area contributed by atoms with Gasteiger partial charge in [-0.2, -0.15) is 0 Å². The van der Waals surface area contributed by atoms with Crippen LogP contribution in [0.2, 0.25) is 0 Å². The third kappa shape index (κ3) is 4.20. The van der Waals surface area contributed by atoms with Gasteiger partial charge in [-0.3, -0.25) is 14.5 Å². The van der Waals surface area contributed by atoms with Gasteiger partial charge in [0.2, 0.25) is 0 Å². The van der Waals surface area contributed by atoms with Crippen molar-refractivity contribution in [2.45, 2.75) is 25.4 Å². The van der Waals surface area contributed by atoms with Gasteiger partial charge in [-0.05, 0) is 53.6 Å². The Balaban J connectivity index is 1.34. The largest absolute Gasteiger partial charge is 0.496 e. The van der Waals surface area contributed by atoms with Crippen molar-refractivity contribution >= 4 is 23.2 Å². The number of allylic oxidation sites excluding steroid dienone is 1. The molecule has 0 aliphatic carbocycles. The van der Waals surface area contributed by atoms with Gasteiger partial charge in [-0.15, -0.1) is 11.3 Å². The summed E-state index contributed by atoms with van der Waals surface area (Å²) in [6.45, 7) is 3.48. The Labute approximate surface area is 191 Å². The molecule has 164 valence electrons. The fraction of sp³-hybridized carbons (Fsp3) is 0.308. The van der Waals surface area contributed by atoms with E-state index in [1.54, 1.807) is 19.3 Å². The molecule has 0 unspecified atom stereocenters. The zero-order chi connectivity index (χ0) is 22.1. The lowest BCUT2D eigenvalue weighted by Crippen LogP contribution is -2.46. The first-order valence-electron chi connectivity index (χ1n) is 11.0. The summed E-state index contributed by atoms with van der Waals surface area (Å²) in [4.78, 5) is 27.8. The number of ketones is 1. The molecule has 1 saturated heterocycles. The Morgan fingerprint density at radius 3 is 2.88 bits per heavy atom. The lowest BCUT2D eigenvalue weighted by Gasteiger charge is -2.43. The van der Waals surface area contributed by atoms with Gasteiger partial charge in [0.15, 0.2) is 5.78 Å². The van der Waals surface area contributed by atoms with E-state index in [1.165, 1.54) is 11.3 Å². The number of pyridine rings is 1. The van der Waals surface area contributed by atoms with Crippen LogP contribution in [0.15, 0.2) is 64.8 Å². The molecule has 1 fully saturated rings. The maximum Gasteiger partial charge on any atom is 0.250 e. The number of carbonyl (C=O) groups is 1. The van der Waals surface area contributed by atoms with Crippen LogP contribution in [0.5, 0.6) is 5.75 Å². The maximum absolute atomic E-state index is 12.3. The highest BCUT2D eigenvalue weighted by Gasteiger charge is 2.34. The highest BCUT2D eigenvalue weighted by molar-refractivity contribution is 7.12. The topological polar surface area (TPSA) is 51.5 Å². The quantitative estimate of drug-likeness (QED) is 0.415. The second kappa shape index (κ2) is 8.88.